The zero-order valence-electron chi connectivity index (χ0n) is 8.33. The van der Waals surface area contributed by atoms with Crippen molar-refractivity contribution < 1.29 is 4.79 Å². The smallest absolute Gasteiger partial charge is 0.248 e. The van der Waals surface area contributed by atoms with E-state index in [9.17, 15) is 4.79 Å². The van der Waals surface area contributed by atoms with E-state index in [-0.39, 0.29) is 11.4 Å². The van der Waals surface area contributed by atoms with Crippen LogP contribution in [-0.4, -0.2) is 20.7 Å². The van der Waals surface area contributed by atoms with Crippen molar-refractivity contribution in [2.75, 3.05) is 5.32 Å². The normalized spacial score (nSPS) is 11.4. The average molecular weight is 182 g/mol. The van der Waals surface area contributed by atoms with Gasteiger partial charge in [-0.25, -0.2) is 9.67 Å². The van der Waals surface area contributed by atoms with Crippen LogP contribution in [0, 0.1) is 0 Å². The Kier molecular flexibility index (Phi) is 2.36. The van der Waals surface area contributed by atoms with Crippen LogP contribution >= 0.6 is 0 Å². The minimum Gasteiger partial charge on any atom is -0.293 e. The minimum absolute atomic E-state index is 0.107. The number of amides is 1. The Hall–Kier alpha value is -1.39. The van der Waals surface area contributed by atoms with Crippen molar-refractivity contribution in [2.45, 2.75) is 33.2 Å². The summed E-state index contributed by atoms with van der Waals surface area (Å²) in [7, 11) is 0. The maximum atomic E-state index is 10.7. The Balaban J connectivity index is 2.81. The van der Waals surface area contributed by atoms with Gasteiger partial charge in [0.1, 0.15) is 6.33 Å². The molecule has 0 fully saturated rings. The highest BCUT2D eigenvalue weighted by molar-refractivity contribution is 5.86. The summed E-state index contributed by atoms with van der Waals surface area (Å²) in [4.78, 5) is 14.6. The molecule has 5 nitrogen and oxygen atoms in total. The lowest BCUT2D eigenvalue weighted by Crippen LogP contribution is -2.22. The minimum atomic E-state index is -0.161. The van der Waals surface area contributed by atoms with Gasteiger partial charge in [0.05, 0.1) is 5.54 Å². The molecule has 1 heterocycles. The highest BCUT2D eigenvalue weighted by Gasteiger charge is 2.14. The summed E-state index contributed by atoms with van der Waals surface area (Å²) < 4.78 is 1.71. The second-order valence-corrected chi connectivity index (χ2v) is 3.86. The summed E-state index contributed by atoms with van der Waals surface area (Å²) in [6.45, 7) is 7.47. The van der Waals surface area contributed by atoms with Crippen LogP contribution in [0.15, 0.2) is 6.33 Å². The molecule has 0 aliphatic carbocycles. The lowest BCUT2D eigenvalue weighted by molar-refractivity contribution is -0.114. The molecule has 0 saturated carbocycles. The van der Waals surface area contributed by atoms with Gasteiger partial charge < -0.3 is 0 Å². The third-order valence-corrected chi connectivity index (χ3v) is 1.47. The van der Waals surface area contributed by atoms with Crippen molar-refractivity contribution in [3.8, 4) is 0 Å². The lowest BCUT2D eigenvalue weighted by atomic mass is 10.1. The molecule has 5 heteroatoms. The molecule has 1 rings (SSSR count). The van der Waals surface area contributed by atoms with Gasteiger partial charge in [0, 0.05) is 6.92 Å². The Labute approximate surface area is 77.2 Å². The molecule has 0 spiro atoms. The first-order valence-electron chi connectivity index (χ1n) is 4.09. The predicted octanol–water partition coefficient (Wildman–Crippen LogP) is 0.991. The van der Waals surface area contributed by atoms with Crippen molar-refractivity contribution in [1.82, 2.24) is 14.8 Å². The van der Waals surface area contributed by atoms with Crippen molar-refractivity contribution in [1.29, 1.82) is 0 Å². The van der Waals surface area contributed by atoms with Crippen molar-refractivity contribution in [3.63, 3.8) is 0 Å². The number of carbonyl (C=O) groups excluding carboxylic acids is 1. The molecule has 1 aromatic heterocycles. The average Bonchev–Trinajstić information content (AvgIpc) is 2.32. The molecule has 1 amide bonds. The molecule has 0 aliphatic rings. The van der Waals surface area contributed by atoms with E-state index in [0.29, 0.717) is 5.95 Å². The number of nitrogens with zero attached hydrogens (tertiary/aromatic N) is 3. The third kappa shape index (κ3) is 2.54. The van der Waals surface area contributed by atoms with Crippen LogP contribution in [0.4, 0.5) is 5.95 Å². The second kappa shape index (κ2) is 3.16. The number of carbonyl (C=O) groups is 1. The van der Waals surface area contributed by atoms with Crippen LogP contribution in [0.3, 0.4) is 0 Å². The molecule has 72 valence electrons. The summed E-state index contributed by atoms with van der Waals surface area (Å²) in [5, 5.41) is 6.61. The lowest BCUT2D eigenvalue weighted by Gasteiger charge is -2.17. The van der Waals surface area contributed by atoms with E-state index in [4.69, 9.17) is 0 Å². The fraction of sp³-hybridized carbons (Fsp3) is 0.625. The fourth-order valence-electron chi connectivity index (χ4n) is 0.801. The molecule has 0 unspecified atom stereocenters. The first kappa shape index (κ1) is 9.70. The number of hydrogen-bond acceptors (Lipinski definition) is 3. The first-order valence-corrected chi connectivity index (χ1v) is 4.09. The highest BCUT2D eigenvalue weighted by atomic mass is 16.1. The monoisotopic (exact) mass is 182 g/mol. The van der Waals surface area contributed by atoms with Gasteiger partial charge in [-0.1, -0.05) is 0 Å². The number of hydrogen-bond donors (Lipinski definition) is 1. The molecule has 0 aliphatic heterocycles. The molecule has 1 N–H and O–H groups in total. The standard InChI is InChI=1S/C8H14N4O/c1-6(13)10-7-9-5-12(11-7)8(2,3)4/h5H,1-4H3,(H,10,11,13). The van der Waals surface area contributed by atoms with Gasteiger partial charge in [-0.15, -0.1) is 5.10 Å². The van der Waals surface area contributed by atoms with Gasteiger partial charge in [-0.05, 0) is 20.8 Å². The number of nitrogens with one attached hydrogen (secondary N) is 1. The van der Waals surface area contributed by atoms with Gasteiger partial charge in [-0.3, -0.25) is 10.1 Å². The van der Waals surface area contributed by atoms with Crippen molar-refractivity contribution in [2.24, 2.45) is 0 Å². The molecule has 13 heavy (non-hydrogen) atoms. The summed E-state index contributed by atoms with van der Waals surface area (Å²) in [5.41, 5.74) is -0.107. The second-order valence-electron chi connectivity index (χ2n) is 3.86. The van der Waals surface area contributed by atoms with E-state index in [1.807, 2.05) is 20.8 Å². The van der Waals surface area contributed by atoms with E-state index < -0.39 is 0 Å². The number of rotatable bonds is 1. The Morgan fingerprint density at radius 1 is 1.54 bits per heavy atom. The molecule has 0 saturated heterocycles. The first-order chi connectivity index (χ1) is 5.89. The molecule has 0 aromatic carbocycles. The van der Waals surface area contributed by atoms with Crippen LogP contribution < -0.4 is 5.32 Å². The van der Waals surface area contributed by atoms with Crippen molar-refractivity contribution >= 4 is 11.9 Å². The van der Waals surface area contributed by atoms with Crippen LogP contribution in [-0.2, 0) is 10.3 Å². The van der Waals surface area contributed by atoms with E-state index >= 15 is 0 Å². The number of anilines is 1. The topological polar surface area (TPSA) is 59.8 Å². The van der Waals surface area contributed by atoms with Crippen molar-refractivity contribution in [3.05, 3.63) is 6.33 Å². The fourth-order valence-corrected chi connectivity index (χ4v) is 0.801. The quantitative estimate of drug-likeness (QED) is 0.704. The van der Waals surface area contributed by atoms with E-state index in [0.717, 1.165) is 0 Å². The summed E-state index contributed by atoms with van der Waals surface area (Å²) in [5.74, 6) is 0.189. The summed E-state index contributed by atoms with van der Waals surface area (Å²) >= 11 is 0. The Bertz CT molecular complexity index is 310. The van der Waals surface area contributed by atoms with E-state index in [2.05, 4.69) is 15.4 Å². The maximum Gasteiger partial charge on any atom is 0.248 e. The third-order valence-electron chi connectivity index (χ3n) is 1.47. The van der Waals surface area contributed by atoms with Gasteiger partial charge in [0.15, 0.2) is 0 Å². The zero-order valence-corrected chi connectivity index (χ0v) is 8.33. The van der Waals surface area contributed by atoms with E-state index in [1.54, 1.807) is 11.0 Å². The zero-order chi connectivity index (χ0) is 10.1. The van der Waals surface area contributed by atoms with Gasteiger partial charge in [0.25, 0.3) is 0 Å². The molecule has 0 bridgehead atoms. The predicted molar refractivity (Wildman–Crippen MR) is 49.3 cm³/mol. The molecular weight excluding hydrogens is 168 g/mol. The SMILES string of the molecule is CC(=O)Nc1ncn(C(C)(C)C)n1. The largest absolute Gasteiger partial charge is 0.293 e. The Morgan fingerprint density at radius 3 is 2.54 bits per heavy atom. The van der Waals surface area contributed by atoms with Gasteiger partial charge in [-0.2, -0.15) is 0 Å². The van der Waals surface area contributed by atoms with Gasteiger partial charge >= 0.3 is 0 Å². The maximum absolute atomic E-state index is 10.7. The summed E-state index contributed by atoms with van der Waals surface area (Å²) in [6, 6.07) is 0. The van der Waals surface area contributed by atoms with Crippen LogP contribution in [0.1, 0.15) is 27.7 Å². The van der Waals surface area contributed by atoms with Crippen LogP contribution in [0.25, 0.3) is 0 Å². The van der Waals surface area contributed by atoms with E-state index in [1.165, 1.54) is 6.92 Å². The van der Waals surface area contributed by atoms with Crippen LogP contribution in [0.2, 0.25) is 0 Å². The van der Waals surface area contributed by atoms with Gasteiger partial charge in [0.2, 0.25) is 11.9 Å². The van der Waals surface area contributed by atoms with Crippen LogP contribution in [0.5, 0.6) is 0 Å². The molecule has 1 aromatic rings. The molecular formula is C8H14N4O. The molecule has 0 radical (unpaired) electrons. The summed E-state index contributed by atoms with van der Waals surface area (Å²) in [6.07, 6.45) is 1.60. The Morgan fingerprint density at radius 2 is 2.15 bits per heavy atom. The molecule has 0 atom stereocenters. The number of aromatic nitrogens is 3. The highest BCUT2D eigenvalue weighted by Crippen LogP contribution is 2.12.